The third kappa shape index (κ3) is 7.48. The molecule has 0 amide bonds. The molecule has 0 heterocycles. The quantitative estimate of drug-likeness (QED) is 0.127. The summed E-state index contributed by atoms with van der Waals surface area (Å²) in [5, 5.41) is 1.76. The average Bonchev–Trinajstić information content (AvgIpc) is 2.96. The molecule has 3 unspecified atom stereocenters. The lowest BCUT2D eigenvalue weighted by Crippen LogP contribution is -2.27. The van der Waals surface area contributed by atoms with Gasteiger partial charge in [-0.3, -0.25) is 0 Å². The monoisotopic (exact) mass is 854 g/mol. The fraction of sp³-hybridized carbons (Fsp3) is 0.636. The Morgan fingerprint density at radius 3 is 1.59 bits per heavy atom. The first-order valence-corrected chi connectivity index (χ1v) is 20.8. The number of halogens is 3. The van der Waals surface area contributed by atoms with Crippen LogP contribution in [0.15, 0.2) is 36.4 Å². The molecule has 0 spiro atoms. The number of hydrogen-bond donors (Lipinski definition) is 0. The lowest BCUT2D eigenvalue weighted by Gasteiger charge is -2.40. The highest BCUT2D eigenvalue weighted by molar-refractivity contribution is 14.1. The molecular weight excluding hydrogens is 808 g/mol. The Balaban J connectivity index is 1.94. The molecule has 4 rings (SSSR count). The van der Waals surface area contributed by atoms with Crippen LogP contribution in [0.4, 0.5) is 0 Å². The van der Waals surface area contributed by atoms with E-state index in [0.29, 0.717) is 17.8 Å². The maximum atomic E-state index is 2.62. The third-order valence-electron chi connectivity index (χ3n) is 8.93. The fourth-order valence-corrected chi connectivity index (χ4v) is 12.1. The molecule has 3 atom stereocenters. The third-order valence-corrected chi connectivity index (χ3v) is 16.5. The molecule has 2 aliphatic carbocycles. The van der Waals surface area contributed by atoms with Gasteiger partial charge in [0.05, 0.1) is 0 Å². The first-order valence-electron chi connectivity index (χ1n) is 14.7. The second-order valence-corrected chi connectivity index (χ2v) is 17.1. The first kappa shape index (κ1) is 31.0. The maximum Gasteiger partial charge on any atom is 0.00618 e. The van der Waals surface area contributed by atoms with Gasteiger partial charge in [0.2, 0.25) is 0 Å². The van der Waals surface area contributed by atoms with Gasteiger partial charge in [-0.15, -0.1) is 0 Å². The van der Waals surface area contributed by atoms with E-state index in [1.165, 1.54) is 77.5 Å². The van der Waals surface area contributed by atoms with Gasteiger partial charge in [0.15, 0.2) is 0 Å². The van der Waals surface area contributed by atoms with Crippen LogP contribution in [0.2, 0.25) is 0 Å². The minimum Gasteiger partial charge on any atom is -0.0857 e. The van der Waals surface area contributed by atoms with Crippen LogP contribution >= 0.6 is 75.7 Å². The van der Waals surface area contributed by atoms with E-state index in [1.807, 2.05) is 0 Å². The Kier molecular flexibility index (Phi) is 12.8. The molecule has 37 heavy (non-hydrogen) atoms. The van der Waals surface area contributed by atoms with E-state index < -0.39 is 0 Å². The standard InChI is InChI=1S/C33H46I3P/c1-23(20-34)26-18-30(24(2)21-35)33(31(19-26)25(3)22-36)29-16-10-11-17-32(29)37(27-12-6-4-7-13-27)28-14-8-5-9-15-28/h10-11,16-19,23-25,27-28H,4-9,12-15,20-22H2,1-3H3. The lowest BCUT2D eigenvalue weighted by atomic mass is 9.82. The van der Waals surface area contributed by atoms with Crippen LogP contribution in [0.5, 0.6) is 0 Å². The van der Waals surface area contributed by atoms with E-state index in [-0.39, 0.29) is 7.92 Å². The molecule has 0 aromatic heterocycles. The van der Waals surface area contributed by atoms with Crippen molar-refractivity contribution in [2.75, 3.05) is 13.3 Å². The van der Waals surface area contributed by atoms with Gasteiger partial charge in [-0.2, -0.15) is 0 Å². The van der Waals surface area contributed by atoms with Gasteiger partial charge in [-0.25, -0.2) is 0 Å². The van der Waals surface area contributed by atoms with Crippen molar-refractivity contribution in [1.82, 2.24) is 0 Å². The molecule has 2 aliphatic rings. The maximum absolute atomic E-state index is 2.62. The summed E-state index contributed by atoms with van der Waals surface area (Å²) >= 11 is 7.82. The molecule has 0 bridgehead atoms. The van der Waals surface area contributed by atoms with Crippen LogP contribution in [0.1, 0.15) is 119 Å². The Labute approximate surface area is 269 Å². The van der Waals surface area contributed by atoms with Gasteiger partial charge < -0.3 is 0 Å². The molecule has 0 aliphatic heterocycles. The molecular formula is C33H46I3P. The number of alkyl halides is 3. The van der Waals surface area contributed by atoms with Gasteiger partial charge in [-0.1, -0.05) is 171 Å². The van der Waals surface area contributed by atoms with Crippen molar-refractivity contribution in [2.24, 2.45) is 0 Å². The zero-order chi connectivity index (χ0) is 26.4. The average molecular weight is 854 g/mol. The SMILES string of the molecule is CC(CI)c1cc(C(C)CI)c(-c2ccccc2P(C2CCCCC2)C2CCCCC2)c(C(C)CI)c1. The van der Waals surface area contributed by atoms with E-state index in [4.69, 9.17) is 0 Å². The first-order chi connectivity index (χ1) is 18.0. The van der Waals surface area contributed by atoms with Crippen molar-refractivity contribution in [3.05, 3.63) is 53.1 Å². The number of benzene rings is 2. The van der Waals surface area contributed by atoms with Crippen LogP contribution in [0.25, 0.3) is 11.1 Å². The van der Waals surface area contributed by atoms with Crippen molar-refractivity contribution in [3.8, 4) is 11.1 Å². The Bertz CT molecular complexity index is 944. The molecule has 2 saturated carbocycles. The summed E-state index contributed by atoms with van der Waals surface area (Å²) in [5.74, 6) is 1.74. The van der Waals surface area contributed by atoms with Crippen molar-refractivity contribution >= 4 is 81.0 Å². The predicted octanol–water partition coefficient (Wildman–Crippen LogP) is 11.7. The predicted molar refractivity (Wildman–Crippen MR) is 194 cm³/mol. The molecule has 2 fully saturated rings. The highest BCUT2D eigenvalue weighted by atomic mass is 127. The normalized spacial score (nSPS) is 20.2. The molecule has 4 heteroatoms. The minimum absolute atomic E-state index is 0.137. The lowest BCUT2D eigenvalue weighted by molar-refractivity contribution is 0.487. The molecule has 0 N–H and O–H groups in total. The van der Waals surface area contributed by atoms with Crippen LogP contribution in [0, 0.1) is 0 Å². The van der Waals surface area contributed by atoms with Crippen LogP contribution in [0.3, 0.4) is 0 Å². The fourth-order valence-electron chi connectivity index (χ4n) is 6.66. The molecule has 2 aromatic rings. The Morgan fingerprint density at radius 1 is 0.676 bits per heavy atom. The van der Waals surface area contributed by atoms with E-state index in [0.717, 1.165) is 11.3 Å². The van der Waals surface area contributed by atoms with Gasteiger partial charge in [0, 0.05) is 13.3 Å². The minimum atomic E-state index is -0.137. The second-order valence-electron chi connectivity index (χ2n) is 11.7. The van der Waals surface area contributed by atoms with E-state index in [9.17, 15) is 0 Å². The molecule has 204 valence electrons. The van der Waals surface area contributed by atoms with Crippen LogP contribution < -0.4 is 5.30 Å². The zero-order valence-corrected chi connectivity index (χ0v) is 30.5. The molecule has 2 aromatic carbocycles. The van der Waals surface area contributed by atoms with Crippen LogP contribution in [-0.2, 0) is 0 Å². The van der Waals surface area contributed by atoms with E-state index in [2.05, 4.69) is 125 Å². The Hall–Kier alpha value is 1.06. The van der Waals surface area contributed by atoms with E-state index in [1.54, 1.807) is 33.1 Å². The smallest absolute Gasteiger partial charge is 0.00618 e. The van der Waals surface area contributed by atoms with Gasteiger partial charge in [-0.05, 0) is 87.9 Å². The van der Waals surface area contributed by atoms with Gasteiger partial charge in [0.1, 0.15) is 0 Å². The second kappa shape index (κ2) is 15.3. The van der Waals surface area contributed by atoms with Gasteiger partial charge in [0.25, 0.3) is 0 Å². The summed E-state index contributed by atoms with van der Waals surface area (Å²) in [5.41, 5.74) is 9.87. The Morgan fingerprint density at radius 2 is 1.14 bits per heavy atom. The van der Waals surface area contributed by atoms with Crippen molar-refractivity contribution in [2.45, 2.75) is 114 Å². The van der Waals surface area contributed by atoms with Gasteiger partial charge >= 0.3 is 0 Å². The van der Waals surface area contributed by atoms with Crippen LogP contribution in [-0.4, -0.2) is 24.6 Å². The number of rotatable bonds is 10. The summed E-state index contributed by atoms with van der Waals surface area (Å²) in [6.07, 6.45) is 14.6. The van der Waals surface area contributed by atoms with Crippen molar-refractivity contribution < 1.29 is 0 Å². The molecule has 0 radical (unpaired) electrons. The number of hydrogen-bond acceptors (Lipinski definition) is 0. The zero-order valence-electron chi connectivity index (χ0n) is 23.1. The molecule has 0 nitrogen and oxygen atoms in total. The summed E-state index contributed by atoms with van der Waals surface area (Å²) in [7, 11) is -0.137. The summed E-state index contributed by atoms with van der Waals surface area (Å²) in [4.78, 5) is 0. The van der Waals surface area contributed by atoms with Crippen molar-refractivity contribution in [1.29, 1.82) is 0 Å². The van der Waals surface area contributed by atoms with Crippen molar-refractivity contribution in [3.63, 3.8) is 0 Å². The molecule has 0 saturated heterocycles. The highest BCUT2D eigenvalue weighted by Gasteiger charge is 2.34. The topological polar surface area (TPSA) is 0 Å². The highest BCUT2D eigenvalue weighted by Crippen LogP contribution is 2.57. The van der Waals surface area contributed by atoms with E-state index >= 15 is 0 Å². The summed E-state index contributed by atoms with van der Waals surface area (Å²) in [6, 6.07) is 15.1. The largest absolute Gasteiger partial charge is 0.0857 e. The summed E-state index contributed by atoms with van der Waals surface area (Å²) in [6.45, 7) is 7.35. The summed E-state index contributed by atoms with van der Waals surface area (Å²) < 4.78 is 3.53.